The summed E-state index contributed by atoms with van der Waals surface area (Å²) in [6, 6.07) is 28.0. The van der Waals surface area contributed by atoms with Crippen LogP contribution in [0.25, 0.3) is 22.5 Å². The monoisotopic (exact) mass is 352 g/mol. The van der Waals surface area contributed by atoms with E-state index in [2.05, 4.69) is 104 Å². The Bertz CT molecular complexity index is 1050. The van der Waals surface area contributed by atoms with Gasteiger partial charge in [0.2, 0.25) is 0 Å². The molecule has 0 spiro atoms. The molecule has 0 atom stereocenters. The van der Waals surface area contributed by atoms with Crippen molar-refractivity contribution in [3.8, 4) is 22.5 Å². The third kappa shape index (κ3) is 3.70. The first kappa shape index (κ1) is 17.3. The normalized spacial score (nSPS) is 10.9. The lowest BCUT2D eigenvalue weighted by molar-refractivity contribution is 0.694. The molecule has 0 bridgehead atoms. The Hall–Kier alpha value is -3.13. The van der Waals surface area contributed by atoms with Crippen LogP contribution in [0.15, 0.2) is 78.9 Å². The van der Waals surface area contributed by atoms with Crippen LogP contribution in [0.4, 0.5) is 0 Å². The van der Waals surface area contributed by atoms with Gasteiger partial charge in [0.05, 0.1) is 17.9 Å². The third-order valence-corrected chi connectivity index (χ3v) is 5.06. The first-order valence-electron chi connectivity index (χ1n) is 9.36. The highest BCUT2D eigenvalue weighted by Crippen LogP contribution is 2.28. The van der Waals surface area contributed by atoms with Crippen LogP contribution in [0, 0.1) is 20.8 Å². The van der Waals surface area contributed by atoms with E-state index in [9.17, 15) is 0 Å². The van der Waals surface area contributed by atoms with Gasteiger partial charge >= 0.3 is 0 Å². The van der Waals surface area contributed by atoms with Gasteiger partial charge < -0.3 is 0 Å². The molecule has 0 saturated heterocycles. The summed E-state index contributed by atoms with van der Waals surface area (Å²) in [6.07, 6.45) is 0. The number of aryl methyl sites for hydroxylation is 3. The number of nitrogens with zero attached hydrogens (tertiary/aromatic N) is 2. The molecule has 0 fully saturated rings. The molecule has 0 saturated carbocycles. The lowest BCUT2D eigenvalue weighted by Gasteiger charge is -2.10. The van der Waals surface area contributed by atoms with Crippen LogP contribution in [0.3, 0.4) is 0 Å². The highest BCUT2D eigenvalue weighted by Gasteiger charge is 2.13. The third-order valence-electron chi connectivity index (χ3n) is 5.06. The quantitative estimate of drug-likeness (QED) is 0.428. The van der Waals surface area contributed by atoms with Gasteiger partial charge in [0.25, 0.3) is 0 Å². The molecule has 1 aromatic heterocycles. The predicted octanol–water partition coefficient (Wildman–Crippen LogP) is 6.19. The minimum Gasteiger partial charge on any atom is -0.260 e. The van der Waals surface area contributed by atoms with Crippen molar-refractivity contribution >= 4 is 0 Å². The Morgan fingerprint density at radius 3 is 1.93 bits per heavy atom. The van der Waals surface area contributed by atoms with Gasteiger partial charge in [-0.2, -0.15) is 5.10 Å². The number of aromatic nitrogens is 2. The smallest absolute Gasteiger partial charge is 0.0929 e. The second-order valence-corrected chi connectivity index (χ2v) is 7.23. The molecule has 134 valence electrons. The lowest BCUT2D eigenvalue weighted by Crippen LogP contribution is -2.05. The van der Waals surface area contributed by atoms with Crippen LogP contribution in [0.1, 0.15) is 22.3 Å². The second kappa shape index (κ2) is 7.24. The molecule has 2 nitrogen and oxygen atoms in total. The van der Waals surface area contributed by atoms with E-state index in [0.717, 1.165) is 23.5 Å². The topological polar surface area (TPSA) is 17.8 Å². The van der Waals surface area contributed by atoms with E-state index < -0.39 is 0 Å². The number of rotatable bonds is 4. The highest BCUT2D eigenvalue weighted by molar-refractivity contribution is 5.69. The van der Waals surface area contributed by atoms with Crippen LogP contribution >= 0.6 is 0 Å². The maximum absolute atomic E-state index is 4.96. The first-order chi connectivity index (χ1) is 13.1. The molecule has 0 aliphatic rings. The zero-order valence-corrected chi connectivity index (χ0v) is 16.1. The standard InChI is InChI=1S/C25H24N2/c1-18-8-12-21(13-9-18)24-16-25(22-14-10-19(2)11-15-22)27(26-24)17-23-7-5-4-6-20(23)3/h4-16H,17H2,1-3H3. The van der Waals surface area contributed by atoms with Crippen molar-refractivity contribution in [2.45, 2.75) is 27.3 Å². The summed E-state index contributed by atoms with van der Waals surface area (Å²) in [5, 5.41) is 4.96. The Morgan fingerprint density at radius 2 is 1.30 bits per heavy atom. The van der Waals surface area contributed by atoms with Gasteiger partial charge in [-0.15, -0.1) is 0 Å². The first-order valence-corrected chi connectivity index (χ1v) is 9.36. The van der Waals surface area contributed by atoms with E-state index in [1.807, 2.05) is 0 Å². The van der Waals surface area contributed by atoms with Gasteiger partial charge in [0.1, 0.15) is 0 Å². The highest BCUT2D eigenvalue weighted by atomic mass is 15.3. The van der Waals surface area contributed by atoms with Gasteiger partial charge in [0.15, 0.2) is 0 Å². The lowest BCUT2D eigenvalue weighted by atomic mass is 10.1. The second-order valence-electron chi connectivity index (χ2n) is 7.23. The largest absolute Gasteiger partial charge is 0.260 e. The molecular formula is C25H24N2. The molecule has 0 N–H and O–H groups in total. The Kier molecular flexibility index (Phi) is 4.64. The molecule has 27 heavy (non-hydrogen) atoms. The zero-order chi connectivity index (χ0) is 18.8. The van der Waals surface area contributed by atoms with Crippen molar-refractivity contribution in [3.05, 3.63) is 101 Å². The summed E-state index contributed by atoms with van der Waals surface area (Å²) in [5.74, 6) is 0. The number of hydrogen-bond acceptors (Lipinski definition) is 1. The van der Waals surface area contributed by atoms with E-state index in [-0.39, 0.29) is 0 Å². The molecule has 2 heteroatoms. The molecule has 0 amide bonds. The fourth-order valence-corrected chi connectivity index (χ4v) is 3.31. The zero-order valence-electron chi connectivity index (χ0n) is 16.1. The fraction of sp³-hybridized carbons (Fsp3) is 0.160. The van der Waals surface area contributed by atoms with Gasteiger partial charge in [-0.1, -0.05) is 83.9 Å². The summed E-state index contributed by atoms with van der Waals surface area (Å²) in [4.78, 5) is 0. The SMILES string of the molecule is Cc1ccc(-c2cc(-c3ccc(C)cc3)n(Cc3ccccc3C)n2)cc1. The molecule has 4 rings (SSSR count). The van der Waals surface area contributed by atoms with E-state index in [4.69, 9.17) is 5.10 Å². The van der Waals surface area contributed by atoms with E-state index >= 15 is 0 Å². The molecule has 1 heterocycles. The average molecular weight is 352 g/mol. The Morgan fingerprint density at radius 1 is 0.704 bits per heavy atom. The van der Waals surface area contributed by atoms with Crippen molar-refractivity contribution in [3.63, 3.8) is 0 Å². The van der Waals surface area contributed by atoms with E-state index in [1.165, 1.54) is 27.8 Å². The maximum Gasteiger partial charge on any atom is 0.0929 e. The van der Waals surface area contributed by atoms with Crippen molar-refractivity contribution in [1.29, 1.82) is 0 Å². The predicted molar refractivity (Wildman–Crippen MR) is 113 cm³/mol. The van der Waals surface area contributed by atoms with Crippen molar-refractivity contribution < 1.29 is 0 Å². The Labute approximate surface area is 161 Å². The van der Waals surface area contributed by atoms with Crippen molar-refractivity contribution in [2.75, 3.05) is 0 Å². The van der Waals surface area contributed by atoms with Gasteiger partial charge in [-0.3, -0.25) is 4.68 Å². The summed E-state index contributed by atoms with van der Waals surface area (Å²) in [6.45, 7) is 7.15. The molecule has 3 aromatic carbocycles. The number of benzene rings is 3. The summed E-state index contributed by atoms with van der Waals surface area (Å²) in [5.41, 5.74) is 9.62. The van der Waals surface area contributed by atoms with E-state index in [0.29, 0.717) is 0 Å². The molecule has 0 aliphatic carbocycles. The van der Waals surface area contributed by atoms with Gasteiger partial charge in [-0.05, 0) is 43.5 Å². The van der Waals surface area contributed by atoms with E-state index in [1.54, 1.807) is 0 Å². The minimum atomic E-state index is 0.766. The van der Waals surface area contributed by atoms with Gasteiger partial charge in [-0.25, -0.2) is 0 Å². The van der Waals surface area contributed by atoms with Crippen molar-refractivity contribution in [2.24, 2.45) is 0 Å². The average Bonchev–Trinajstić information content (AvgIpc) is 3.09. The summed E-state index contributed by atoms with van der Waals surface area (Å²) < 4.78 is 2.13. The van der Waals surface area contributed by atoms with Crippen LogP contribution in [-0.4, -0.2) is 9.78 Å². The maximum atomic E-state index is 4.96. The molecule has 0 unspecified atom stereocenters. The minimum absolute atomic E-state index is 0.766. The van der Waals surface area contributed by atoms with Crippen LogP contribution in [0.5, 0.6) is 0 Å². The molecule has 0 radical (unpaired) electrons. The fourth-order valence-electron chi connectivity index (χ4n) is 3.31. The molecule has 4 aromatic rings. The van der Waals surface area contributed by atoms with Crippen LogP contribution in [0.2, 0.25) is 0 Å². The van der Waals surface area contributed by atoms with Crippen molar-refractivity contribution in [1.82, 2.24) is 9.78 Å². The van der Waals surface area contributed by atoms with Crippen LogP contribution < -0.4 is 0 Å². The molecule has 0 aliphatic heterocycles. The Balaban J connectivity index is 1.80. The summed E-state index contributed by atoms with van der Waals surface area (Å²) in [7, 11) is 0. The van der Waals surface area contributed by atoms with Gasteiger partial charge in [0, 0.05) is 5.56 Å². The summed E-state index contributed by atoms with van der Waals surface area (Å²) >= 11 is 0. The van der Waals surface area contributed by atoms with Crippen LogP contribution in [-0.2, 0) is 6.54 Å². The number of hydrogen-bond donors (Lipinski definition) is 0. The molecular weight excluding hydrogens is 328 g/mol.